The Morgan fingerprint density at radius 1 is 0.317 bits per heavy atom. The Bertz CT molecular complexity index is 584. The fraction of sp³-hybridized carbons (Fsp3) is 0.875. The number of hydrogen-bond donors (Lipinski definition) is 0. The minimum atomic E-state index is 0. The number of nitrogens with zero attached hydrogens (tertiary/aromatic N) is 8. The van der Waals surface area contributed by atoms with E-state index >= 15 is 0 Å². The van der Waals surface area contributed by atoms with E-state index in [9.17, 15) is 0 Å². The minimum Gasteiger partial charge on any atom is -0.467 e. The summed E-state index contributed by atoms with van der Waals surface area (Å²) in [4.78, 5) is 17.1. The van der Waals surface area contributed by atoms with E-state index in [0.29, 0.717) is 48.3 Å². The van der Waals surface area contributed by atoms with Gasteiger partial charge in [-0.2, -0.15) is 0 Å². The molecule has 0 spiro atoms. The molecule has 0 heterocycles. The standard InChI is InChI=1S/4C8H17N2.Th/c4*1-6(2)9-8(5)10-7(3)4;/h4*6-7H,1-5H3;/q4*-1;+4. The summed E-state index contributed by atoms with van der Waals surface area (Å²) in [5.41, 5.74) is 0. The van der Waals surface area contributed by atoms with Crippen molar-refractivity contribution in [2.24, 2.45) is 20.0 Å². The predicted octanol–water partition coefficient (Wildman–Crippen LogP) is 10.4. The molecule has 9 heteroatoms. The van der Waals surface area contributed by atoms with Crippen molar-refractivity contribution >= 4 is 23.3 Å². The molecule has 0 saturated heterocycles. The maximum Gasteiger partial charge on any atom is 4.00 e. The molecule has 0 saturated carbocycles. The molecule has 0 atom stereocenters. The van der Waals surface area contributed by atoms with Crippen LogP contribution in [-0.4, -0.2) is 71.7 Å². The van der Waals surface area contributed by atoms with Crippen molar-refractivity contribution in [3.63, 3.8) is 0 Å². The van der Waals surface area contributed by atoms with Gasteiger partial charge in [0.2, 0.25) is 0 Å². The maximum absolute atomic E-state index is 4.27. The van der Waals surface area contributed by atoms with Crippen LogP contribution in [0.2, 0.25) is 0 Å². The van der Waals surface area contributed by atoms with Crippen molar-refractivity contribution in [3.8, 4) is 0 Å². The molecular weight excluding hydrogens is 728 g/mol. The summed E-state index contributed by atoms with van der Waals surface area (Å²) < 4.78 is 0. The quantitative estimate of drug-likeness (QED) is 0.172. The van der Waals surface area contributed by atoms with Gasteiger partial charge >= 0.3 is 39.9 Å². The van der Waals surface area contributed by atoms with E-state index in [1.165, 1.54) is 0 Å². The van der Waals surface area contributed by atoms with Gasteiger partial charge in [-0.15, -0.1) is 0 Å². The molecule has 0 unspecified atom stereocenters. The number of amidine groups is 4. The van der Waals surface area contributed by atoms with Gasteiger partial charge in [0.25, 0.3) is 0 Å². The molecule has 0 amide bonds. The van der Waals surface area contributed by atoms with Gasteiger partial charge in [-0.3, -0.25) is 0 Å². The van der Waals surface area contributed by atoms with Crippen molar-refractivity contribution < 1.29 is 39.9 Å². The van der Waals surface area contributed by atoms with Gasteiger partial charge in [0.1, 0.15) is 0 Å². The molecule has 0 aliphatic rings. The van der Waals surface area contributed by atoms with Crippen molar-refractivity contribution in [2.45, 2.75) is 187 Å². The van der Waals surface area contributed by atoms with Gasteiger partial charge in [0, 0.05) is 0 Å². The second kappa shape index (κ2) is 30.7. The summed E-state index contributed by atoms with van der Waals surface area (Å²) in [5, 5.41) is 17.1. The smallest absolute Gasteiger partial charge is 0.467 e. The van der Waals surface area contributed by atoms with Crippen molar-refractivity contribution in [1.82, 2.24) is 0 Å². The van der Waals surface area contributed by atoms with Crippen LogP contribution < -0.4 is 0 Å². The average Bonchev–Trinajstić information content (AvgIpc) is 2.63. The van der Waals surface area contributed by atoms with Gasteiger partial charge in [0.15, 0.2) is 0 Å². The molecule has 0 bridgehead atoms. The molecular formula is C32H68N8Th. The summed E-state index contributed by atoms with van der Waals surface area (Å²) in [7, 11) is 0. The fourth-order valence-corrected chi connectivity index (χ4v) is 3.12. The van der Waals surface area contributed by atoms with Crippen LogP contribution in [0.5, 0.6) is 0 Å². The molecule has 0 rings (SSSR count). The van der Waals surface area contributed by atoms with Gasteiger partial charge < -0.3 is 41.2 Å². The molecule has 0 aromatic heterocycles. The Morgan fingerprint density at radius 3 is 0.512 bits per heavy atom. The molecule has 0 fully saturated rings. The van der Waals surface area contributed by atoms with Crippen LogP contribution in [0, 0.1) is 39.9 Å². The Kier molecular flexibility index (Phi) is 37.3. The summed E-state index contributed by atoms with van der Waals surface area (Å²) in [6.45, 7) is 40.7. The Hall–Kier alpha value is -0.795. The predicted molar refractivity (Wildman–Crippen MR) is 187 cm³/mol. The molecule has 0 aliphatic carbocycles. The molecule has 0 aromatic carbocycles. The fourth-order valence-electron chi connectivity index (χ4n) is 3.12. The SMILES string of the molecule is CC(=NC(C)C)[N-]C(C)C.CC(=NC(C)C)[N-]C(C)C.CC(=NC(C)C)[N-]C(C)C.CC(=NC(C)C)[N-]C(C)C.[Th+4]. The zero-order chi connectivity index (χ0) is 32.6. The van der Waals surface area contributed by atoms with Gasteiger partial charge in [-0.25, -0.2) is 0 Å². The van der Waals surface area contributed by atoms with Crippen LogP contribution in [0.15, 0.2) is 20.0 Å². The number of rotatable bonds is 8. The first-order valence-electron chi connectivity index (χ1n) is 15.1. The number of hydrogen-bond acceptors (Lipinski definition) is 4. The zero-order valence-electron chi connectivity index (χ0n) is 30.7. The minimum absolute atomic E-state index is 0. The summed E-state index contributed by atoms with van der Waals surface area (Å²) in [6.07, 6.45) is 0. The zero-order valence-corrected chi connectivity index (χ0v) is 34.8. The Balaban J connectivity index is -0.000000139. The molecule has 240 valence electrons. The van der Waals surface area contributed by atoms with E-state index in [2.05, 4.69) is 152 Å². The third-order valence-corrected chi connectivity index (χ3v) is 3.56. The topological polar surface area (TPSA) is 106 Å². The summed E-state index contributed by atoms with van der Waals surface area (Å²) in [6, 6.07) is 2.91. The second-order valence-corrected chi connectivity index (χ2v) is 12.0. The molecule has 0 aliphatic heterocycles. The average molecular weight is 797 g/mol. The molecule has 0 N–H and O–H groups in total. The first kappa shape index (κ1) is 49.9. The van der Waals surface area contributed by atoms with Crippen LogP contribution in [0.3, 0.4) is 0 Å². The molecule has 8 nitrogen and oxygen atoms in total. The monoisotopic (exact) mass is 797 g/mol. The summed E-state index contributed by atoms with van der Waals surface area (Å²) >= 11 is 0. The van der Waals surface area contributed by atoms with Gasteiger partial charge in [-0.1, -0.05) is 134 Å². The normalized spacial score (nSPS) is 12.6. The van der Waals surface area contributed by atoms with Crippen LogP contribution in [-0.2, 0) is 0 Å². The first-order chi connectivity index (χ1) is 18.1. The van der Waals surface area contributed by atoms with Crippen molar-refractivity contribution in [3.05, 3.63) is 21.3 Å². The van der Waals surface area contributed by atoms with Gasteiger partial charge in [0.05, 0.1) is 0 Å². The van der Waals surface area contributed by atoms with Crippen LogP contribution >= 0.6 is 0 Å². The molecule has 0 aromatic rings. The van der Waals surface area contributed by atoms with Crippen LogP contribution in [0.1, 0.15) is 138 Å². The van der Waals surface area contributed by atoms with E-state index in [4.69, 9.17) is 0 Å². The number of aliphatic imine (C=N–C) groups is 4. The van der Waals surface area contributed by atoms with Gasteiger partial charge in [-0.05, 0) is 76.0 Å². The van der Waals surface area contributed by atoms with E-state index in [1.54, 1.807) is 0 Å². The van der Waals surface area contributed by atoms with E-state index < -0.39 is 0 Å². The third-order valence-electron chi connectivity index (χ3n) is 3.56. The third kappa shape index (κ3) is 55.7. The van der Waals surface area contributed by atoms with E-state index in [-0.39, 0.29) is 39.9 Å². The van der Waals surface area contributed by atoms with Crippen LogP contribution in [0.25, 0.3) is 21.3 Å². The Labute approximate surface area is 289 Å². The molecule has 0 radical (unpaired) electrons. The first-order valence-corrected chi connectivity index (χ1v) is 15.1. The van der Waals surface area contributed by atoms with Crippen molar-refractivity contribution in [1.29, 1.82) is 0 Å². The maximum atomic E-state index is 4.27. The Morgan fingerprint density at radius 2 is 0.439 bits per heavy atom. The summed E-state index contributed by atoms with van der Waals surface area (Å²) in [5.74, 6) is 3.63. The molecule has 41 heavy (non-hydrogen) atoms. The second-order valence-electron chi connectivity index (χ2n) is 12.0. The van der Waals surface area contributed by atoms with E-state index in [1.807, 2.05) is 27.7 Å². The van der Waals surface area contributed by atoms with Crippen LogP contribution in [0.4, 0.5) is 0 Å². The largest absolute Gasteiger partial charge is 4.00 e. The van der Waals surface area contributed by atoms with Crippen molar-refractivity contribution in [2.75, 3.05) is 0 Å². The van der Waals surface area contributed by atoms with E-state index in [0.717, 1.165) is 23.3 Å².